The molecule has 0 aliphatic rings. The molecule has 0 aromatic heterocycles. The van der Waals surface area contributed by atoms with E-state index in [2.05, 4.69) is 22.6 Å². The highest BCUT2D eigenvalue weighted by Crippen LogP contribution is 2.05. The molecule has 6 nitrogen and oxygen atoms in total. The molecule has 0 bridgehead atoms. The van der Waals surface area contributed by atoms with Gasteiger partial charge in [0.05, 0.1) is 0 Å². The van der Waals surface area contributed by atoms with Gasteiger partial charge in [-0.3, -0.25) is 0 Å². The zero-order chi connectivity index (χ0) is 15.4. The van der Waals surface area contributed by atoms with Gasteiger partial charge < -0.3 is 26.0 Å². The number of rotatable bonds is 10. The van der Waals surface area contributed by atoms with E-state index in [0.29, 0.717) is 13.1 Å². The number of nitrogens with one attached hydrogen (secondary N) is 2. The molecular weight excluding hydrogens is 256 g/mol. The molecule has 0 atom stereocenters. The van der Waals surface area contributed by atoms with Crippen LogP contribution in [0.15, 0.2) is 0 Å². The van der Waals surface area contributed by atoms with E-state index in [9.17, 15) is 4.79 Å². The molecule has 0 fully saturated rings. The third-order valence-corrected chi connectivity index (χ3v) is 2.62. The van der Waals surface area contributed by atoms with Crippen molar-refractivity contribution in [3.05, 3.63) is 0 Å². The Balaban J connectivity index is 3.31. The maximum Gasteiger partial charge on any atom is 0.407 e. The molecule has 0 aromatic rings. The standard InChI is InChI=1S/C14H32N4O2/c1-14(2,3)20-13(19)17-10-9-16-8-5-6-11-18(4)12-7-15/h16H,5-12,15H2,1-4H3,(H,17,19). The van der Waals surface area contributed by atoms with Crippen molar-refractivity contribution in [3.8, 4) is 0 Å². The van der Waals surface area contributed by atoms with Crippen LogP contribution in [0.1, 0.15) is 33.6 Å². The predicted molar refractivity (Wildman–Crippen MR) is 82.9 cm³/mol. The van der Waals surface area contributed by atoms with Crippen molar-refractivity contribution >= 4 is 6.09 Å². The lowest BCUT2D eigenvalue weighted by Gasteiger charge is -2.19. The van der Waals surface area contributed by atoms with Crippen molar-refractivity contribution in [2.24, 2.45) is 5.73 Å². The molecule has 0 rings (SSSR count). The van der Waals surface area contributed by atoms with Crippen molar-refractivity contribution in [3.63, 3.8) is 0 Å². The van der Waals surface area contributed by atoms with Gasteiger partial charge in [0, 0.05) is 26.2 Å². The van der Waals surface area contributed by atoms with Crippen LogP contribution in [-0.4, -0.2) is 62.9 Å². The molecule has 4 N–H and O–H groups in total. The monoisotopic (exact) mass is 288 g/mol. The summed E-state index contributed by atoms with van der Waals surface area (Å²) < 4.78 is 5.14. The van der Waals surface area contributed by atoms with Crippen molar-refractivity contribution < 1.29 is 9.53 Å². The van der Waals surface area contributed by atoms with Gasteiger partial charge in [0.25, 0.3) is 0 Å². The second-order valence-corrected chi connectivity index (χ2v) is 5.98. The molecule has 6 heteroatoms. The average Bonchev–Trinajstić information content (AvgIpc) is 2.30. The van der Waals surface area contributed by atoms with Crippen LogP contribution in [-0.2, 0) is 4.74 Å². The first-order valence-corrected chi connectivity index (χ1v) is 7.41. The van der Waals surface area contributed by atoms with Crippen molar-refractivity contribution in [1.82, 2.24) is 15.5 Å². The second-order valence-electron chi connectivity index (χ2n) is 5.98. The van der Waals surface area contributed by atoms with Gasteiger partial charge in [0.15, 0.2) is 0 Å². The number of carbonyl (C=O) groups excluding carboxylic acids is 1. The molecule has 0 spiro atoms. The summed E-state index contributed by atoms with van der Waals surface area (Å²) in [6, 6.07) is 0. The minimum absolute atomic E-state index is 0.359. The highest BCUT2D eigenvalue weighted by molar-refractivity contribution is 5.67. The third kappa shape index (κ3) is 13.6. The van der Waals surface area contributed by atoms with Gasteiger partial charge in [-0.15, -0.1) is 0 Å². The maximum absolute atomic E-state index is 11.4. The zero-order valence-corrected chi connectivity index (χ0v) is 13.5. The molecule has 0 aliphatic carbocycles. The van der Waals surface area contributed by atoms with Crippen molar-refractivity contribution in [1.29, 1.82) is 0 Å². The maximum atomic E-state index is 11.4. The molecular formula is C14H32N4O2. The zero-order valence-electron chi connectivity index (χ0n) is 13.5. The van der Waals surface area contributed by atoms with Gasteiger partial charge in [0.1, 0.15) is 5.60 Å². The topological polar surface area (TPSA) is 79.6 Å². The quantitative estimate of drug-likeness (QED) is 0.518. The third-order valence-electron chi connectivity index (χ3n) is 2.62. The number of hydrogen-bond donors (Lipinski definition) is 3. The summed E-state index contributed by atoms with van der Waals surface area (Å²) in [5, 5.41) is 6.02. The van der Waals surface area contributed by atoms with Gasteiger partial charge >= 0.3 is 6.09 Å². The number of nitrogens with two attached hydrogens (primary N) is 1. The van der Waals surface area contributed by atoms with Gasteiger partial charge in [-0.1, -0.05) is 0 Å². The number of hydrogen-bond acceptors (Lipinski definition) is 5. The van der Waals surface area contributed by atoms with E-state index in [1.165, 1.54) is 0 Å². The Labute approximate surface area is 123 Å². The van der Waals surface area contributed by atoms with Gasteiger partial charge in [-0.05, 0) is 53.8 Å². The van der Waals surface area contributed by atoms with Crippen LogP contribution in [0.4, 0.5) is 4.79 Å². The molecule has 0 unspecified atom stereocenters. The van der Waals surface area contributed by atoms with Gasteiger partial charge in [-0.2, -0.15) is 0 Å². The minimum Gasteiger partial charge on any atom is -0.444 e. The lowest BCUT2D eigenvalue weighted by atomic mass is 10.2. The Morgan fingerprint density at radius 2 is 1.85 bits per heavy atom. The van der Waals surface area contributed by atoms with E-state index in [1.54, 1.807) is 0 Å². The van der Waals surface area contributed by atoms with Crippen molar-refractivity contribution in [2.75, 3.05) is 46.3 Å². The molecule has 0 radical (unpaired) electrons. The Kier molecular flexibility index (Phi) is 10.4. The molecule has 20 heavy (non-hydrogen) atoms. The van der Waals surface area contributed by atoms with Gasteiger partial charge in [0.2, 0.25) is 0 Å². The summed E-state index contributed by atoms with van der Waals surface area (Å²) in [5.74, 6) is 0. The Bertz CT molecular complexity index is 254. The molecule has 0 aliphatic heterocycles. The minimum atomic E-state index is -0.437. The number of alkyl carbamates (subject to hydrolysis) is 1. The summed E-state index contributed by atoms with van der Waals surface area (Å²) in [5.41, 5.74) is 5.04. The largest absolute Gasteiger partial charge is 0.444 e. The number of nitrogens with zero attached hydrogens (tertiary/aromatic N) is 1. The van der Waals surface area contributed by atoms with E-state index >= 15 is 0 Å². The first kappa shape index (κ1) is 19.1. The number of ether oxygens (including phenoxy) is 1. The molecule has 0 aromatic carbocycles. The normalized spacial score (nSPS) is 11.7. The van der Waals surface area contributed by atoms with Crippen LogP contribution in [0, 0.1) is 0 Å². The fraction of sp³-hybridized carbons (Fsp3) is 0.929. The summed E-state index contributed by atoms with van der Waals surface area (Å²) in [4.78, 5) is 13.6. The summed E-state index contributed by atoms with van der Waals surface area (Å²) >= 11 is 0. The van der Waals surface area contributed by atoms with Crippen LogP contribution in [0.25, 0.3) is 0 Å². The van der Waals surface area contributed by atoms with Crippen LogP contribution in [0.3, 0.4) is 0 Å². The Morgan fingerprint density at radius 3 is 2.45 bits per heavy atom. The SMILES string of the molecule is CN(CCN)CCCCNCCNC(=O)OC(C)(C)C. The average molecular weight is 288 g/mol. The molecule has 0 heterocycles. The smallest absolute Gasteiger partial charge is 0.407 e. The molecule has 120 valence electrons. The predicted octanol–water partition coefficient (Wildman–Crippen LogP) is 0.771. The summed E-state index contributed by atoms with van der Waals surface area (Å²) in [6.07, 6.45) is 1.92. The molecule has 1 amide bonds. The van der Waals surface area contributed by atoms with Crippen LogP contribution >= 0.6 is 0 Å². The summed E-state index contributed by atoms with van der Waals surface area (Å²) in [7, 11) is 2.09. The van der Waals surface area contributed by atoms with Crippen molar-refractivity contribution in [2.45, 2.75) is 39.2 Å². The molecule has 0 saturated carbocycles. The van der Waals surface area contributed by atoms with E-state index in [-0.39, 0.29) is 6.09 Å². The first-order valence-electron chi connectivity index (χ1n) is 7.41. The van der Waals surface area contributed by atoms with Crippen LogP contribution in [0.2, 0.25) is 0 Å². The van der Waals surface area contributed by atoms with E-state index < -0.39 is 5.60 Å². The number of amides is 1. The highest BCUT2D eigenvalue weighted by atomic mass is 16.6. The Hall–Kier alpha value is -0.850. The van der Waals surface area contributed by atoms with Crippen LogP contribution < -0.4 is 16.4 Å². The number of unbranched alkanes of at least 4 members (excludes halogenated alkanes) is 1. The Morgan fingerprint density at radius 1 is 1.15 bits per heavy atom. The number of carbonyl (C=O) groups is 1. The highest BCUT2D eigenvalue weighted by Gasteiger charge is 2.15. The van der Waals surface area contributed by atoms with E-state index in [4.69, 9.17) is 10.5 Å². The van der Waals surface area contributed by atoms with E-state index in [1.807, 2.05) is 20.8 Å². The fourth-order valence-corrected chi connectivity index (χ4v) is 1.66. The number of likely N-dealkylation sites (N-methyl/N-ethyl adjacent to an activating group) is 1. The second kappa shape index (κ2) is 10.9. The van der Waals surface area contributed by atoms with Gasteiger partial charge in [-0.25, -0.2) is 4.79 Å². The van der Waals surface area contributed by atoms with Crippen LogP contribution in [0.5, 0.6) is 0 Å². The lowest BCUT2D eigenvalue weighted by Crippen LogP contribution is -2.36. The first-order chi connectivity index (χ1) is 9.35. The lowest BCUT2D eigenvalue weighted by molar-refractivity contribution is 0.0528. The fourth-order valence-electron chi connectivity index (χ4n) is 1.66. The van der Waals surface area contributed by atoms with E-state index in [0.717, 1.165) is 39.0 Å². The molecule has 0 saturated heterocycles. The summed E-state index contributed by atoms with van der Waals surface area (Å²) in [6.45, 7) is 10.6.